The molecule has 2 unspecified atom stereocenters. The number of nitrogens with one attached hydrogen (secondary N) is 2. The van der Waals surface area contributed by atoms with E-state index in [0.717, 1.165) is 38.0 Å². The standard InChI is InChI=1S/C16H23FN4O/c17-13-3-1-2-12(8-13)14-10-19-20-16(14)11-4-6-21(7-5-11)15(22)9-18/h1-3,8,11,14,16,19-20H,4-7,9-10,18H2. The average Bonchev–Trinajstić information content (AvgIpc) is 3.04. The Morgan fingerprint density at radius 3 is 2.82 bits per heavy atom. The smallest absolute Gasteiger partial charge is 0.236 e. The van der Waals surface area contributed by atoms with Crippen LogP contribution in [0.3, 0.4) is 0 Å². The SMILES string of the molecule is NCC(=O)N1CCC(C2NNCC2c2cccc(F)c2)CC1. The molecule has 2 saturated heterocycles. The molecule has 6 heteroatoms. The molecular formula is C16H23FN4O. The molecule has 1 amide bonds. The van der Waals surface area contributed by atoms with Crippen molar-refractivity contribution >= 4 is 5.91 Å². The van der Waals surface area contributed by atoms with Gasteiger partial charge in [0.25, 0.3) is 0 Å². The van der Waals surface area contributed by atoms with Gasteiger partial charge in [-0.1, -0.05) is 12.1 Å². The zero-order valence-electron chi connectivity index (χ0n) is 12.6. The van der Waals surface area contributed by atoms with Crippen molar-refractivity contribution in [1.29, 1.82) is 0 Å². The number of benzene rings is 1. The molecule has 1 aromatic rings. The molecule has 3 rings (SSSR count). The van der Waals surface area contributed by atoms with E-state index < -0.39 is 0 Å². The molecule has 5 nitrogen and oxygen atoms in total. The van der Waals surface area contributed by atoms with Crippen molar-refractivity contribution in [2.75, 3.05) is 26.2 Å². The summed E-state index contributed by atoms with van der Waals surface area (Å²) < 4.78 is 13.5. The maximum Gasteiger partial charge on any atom is 0.236 e. The van der Waals surface area contributed by atoms with Crippen LogP contribution in [-0.4, -0.2) is 43.0 Å². The third-order valence-corrected chi connectivity index (χ3v) is 4.88. The van der Waals surface area contributed by atoms with Crippen molar-refractivity contribution < 1.29 is 9.18 Å². The number of halogens is 1. The van der Waals surface area contributed by atoms with Gasteiger partial charge in [-0.15, -0.1) is 0 Å². The number of nitrogens with two attached hydrogens (primary N) is 1. The molecule has 4 N–H and O–H groups in total. The molecule has 2 aliphatic rings. The molecule has 1 aromatic carbocycles. The van der Waals surface area contributed by atoms with E-state index in [2.05, 4.69) is 10.9 Å². The molecule has 0 bridgehead atoms. The summed E-state index contributed by atoms with van der Waals surface area (Å²) in [5.74, 6) is 0.576. The van der Waals surface area contributed by atoms with Gasteiger partial charge in [-0.05, 0) is 36.5 Å². The Bertz CT molecular complexity index is 531. The molecule has 2 atom stereocenters. The van der Waals surface area contributed by atoms with E-state index in [1.165, 1.54) is 6.07 Å². The van der Waals surface area contributed by atoms with Gasteiger partial charge in [0.05, 0.1) is 6.54 Å². The quantitative estimate of drug-likeness (QED) is 0.764. The van der Waals surface area contributed by atoms with Crippen molar-refractivity contribution in [2.45, 2.75) is 24.8 Å². The van der Waals surface area contributed by atoms with E-state index in [-0.39, 0.29) is 30.2 Å². The van der Waals surface area contributed by atoms with Gasteiger partial charge in [0.1, 0.15) is 5.82 Å². The molecule has 0 spiro atoms. The third kappa shape index (κ3) is 3.14. The molecule has 2 heterocycles. The second-order valence-corrected chi connectivity index (χ2v) is 6.13. The topological polar surface area (TPSA) is 70.4 Å². The normalized spacial score (nSPS) is 26.4. The average molecular weight is 306 g/mol. The largest absolute Gasteiger partial charge is 0.342 e. The van der Waals surface area contributed by atoms with Gasteiger partial charge < -0.3 is 10.6 Å². The second kappa shape index (κ2) is 6.73. The van der Waals surface area contributed by atoms with Gasteiger partial charge in [0.15, 0.2) is 0 Å². The Kier molecular flexibility index (Phi) is 4.71. The monoisotopic (exact) mass is 306 g/mol. The molecule has 120 valence electrons. The minimum Gasteiger partial charge on any atom is -0.342 e. The van der Waals surface area contributed by atoms with Gasteiger partial charge in [0, 0.05) is 31.6 Å². The van der Waals surface area contributed by atoms with E-state index in [0.29, 0.717) is 5.92 Å². The van der Waals surface area contributed by atoms with Crippen molar-refractivity contribution in [3.8, 4) is 0 Å². The number of carbonyl (C=O) groups excluding carboxylic acids is 1. The van der Waals surface area contributed by atoms with Gasteiger partial charge >= 0.3 is 0 Å². The highest BCUT2D eigenvalue weighted by molar-refractivity contribution is 5.78. The minimum absolute atomic E-state index is 0.0256. The van der Waals surface area contributed by atoms with E-state index in [1.807, 2.05) is 11.0 Å². The van der Waals surface area contributed by atoms with Gasteiger partial charge in [0.2, 0.25) is 5.91 Å². The van der Waals surface area contributed by atoms with Crippen LogP contribution in [0.25, 0.3) is 0 Å². The van der Waals surface area contributed by atoms with Crippen LogP contribution < -0.4 is 16.6 Å². The van der Waals surface area contributed by atoms with Gasteiger partial charge in [-0.25, -0.2) is 4.39 Å². The zero-order valence-corrected chi connectivity index (χ0v) is 12.6. The second-order valence-electron chi connectivity index (χ2n) is 6.13. The summed E-state index contributed by atoms with van der Waals surface area (Å²) >= 11 is 0. The number of nitrogens with zero attached hydrogens (tertiary/aromatic N) is 1. The number of likely N-dealkylation sites (tertiary alicyclic amines) is 1. The van der Waals surface area contributed by atoms with Crippen LogP contribution in [-0.2, 0) is 4.79 Å². The molecule has 2 fully saturated rings. The number of rotatable bonds is 3. The Morgan fingerprint density at radius 1 is 1.36 bits per heavy atom. The predicted molar refractivity (Wildman–Crippen MR) is 82.4 cm³/mol. The molecule has 0 saturated carbocycles. The van der Waals surface area contributed by atoms with Crippen LogP contribution in [0.4, 0.5) is 4.39 Å². The maximum atomic E-state index is 13.5. The molecule has 0 aliphatic carbocycles. The molecule has 22 heavy (non-hydrogen) atoms. The number of hydrogen-bond donors (Lipinski definition) is 3. The molecular weight excluding hydrogens is 283 g/mol. The lowest BCUT2D eigenvalue weighted by molar-refractivity contribution is -0.131. The van der Waals surface area contributed by atoms with Gasteiger partial charge in [-0.3, -0.25) is 15.6 Å². The highest BCUT2D eigenvalue weighted by atomic mass is 19.1. The lowest BCUT2D eigenvalue weighted by atomic mass is 9.80. The van der Waals surface area contributed by atoms with Gasteiger partial charge in [-0.2, -0.15) is 0 Å². The summed E-state index contributed by atoms with van der Waals surface area (Å²) in [6.07, 6.45) is 1.91. The van der Waals surface area contributed by atoms with Crippen molar-refractivity contribution in [3.05, 3.63) is 35.6 Å². The highest BCUT2D eigenvalue weighted by Gasteiger charge is 2.36. The Labute approximate surface area is 130 Å². The van der Waals surface area contributed by atoms with Crippen molar-refractivity contribution in [2.24, 2.45) is 11.7 Å². The minimum atomic E-state index is -0.188. The Morgan fingerprint density at radius 2 is 2.14 bits per heavy atom. The maximum absolute atomic E-state index is 13.5. The Balaban J connectivity index is 1.66. The third-order valence-electron chi connectivity index (χ3n) is 4.88. The summed E-state index contributed by atoms with van der Waals surface area (Å²) in [7, 11) is 0. The highest BCUT2D eigenvalue weighted by Crippen LogP contribution is 2.32. The zero-order chi connectivity index (χ0) is 15.5. The van der Waals surface area contributed by atoms with Crippen LogP contribution >= 0.6 is 0 Å². The molecule has 0 aromatic heterocycles. The predicted octanol–water partition coefficient (Wildman–Crippen LogP) is 0.583. The number of hydrogen-bond acceptors (Lipinski definition) is 4. The van der Waals surface area contributed by atoms with Crippen molar-refractivity contribution in [3.63, 3.8) is 0 Å². The fraction of sp³-hybridized carbons (Fsp3) is 0.562. The first kappa shape index (κ1) is 15.4. The summed E-state index contributed by atoms with van der Waals surface area (Å²) in [6.45, 7) is 2.40. The first-order valence-electron chi connectivity index (χ1n) is 7.90. The van der Waals surface area contributed by atoms with Crippen LogP contribution in [0, 0.1) is 11.7 Å². The number of amides is 1. The molecule has 0 radical (unpaired) electrons. The summed E-state index contributed by atoms with van der Waals surface area (Å²) in [5, 5.41) is 0. The fourth-order valence-electron chi connectivity index (χ4n) is 3.66. The van der Waals surface area contributed by atoms with Crippen LogP contribution in [0.1, 0.15) is 24.3 Å². The summed E-state index contributed by atoms with van der Waals surface area (Å²) in [4.78, 5) is 13.5. The number of piperidine rings is 1. The molecule has 2 aliphatic heterocycles. The van der Waals surface area contributed by atoms with E-state index >= 15 is 0 Å². The number of hydrazine groups is 1. The fourth-order valence-corrected chi connectivity index (χ4v) is 3.66. The summed E-state index contributed by atoms with van der Waals surface area (Å²) in [6, 6.07) is 7.13. The first-order valence-corrected chi connectivity index (χ1v) is 7.90. The van der Waals surface area contributed by atoms with E-state index in [9.17, 15) is 9.18 Å². The lowest BCUT2D eigenvalue weighted by Gasteiger charge is -2.36. The first-order chi connectivity index (χ1) is 10.7. The van der Waals surface area contributed by atoms with Crippen LogP contribution in [0.5, 0.6) is 0 Å². The lowest BCUT2D eigenvalue weighted by Crippen LogP contribution is -2.47. The Hall–Kier alpha value is -1.50. The van der Waals surface area contributed by atoms with E-state index in [1.54, 1.807) is 12.1 Å². The van der Waals surface area contributed by atoms with E-state index in [4.69, 9.17) is 5.73 Å². The summed E-state index contributed by atoms with van der Waals surface area (Å²) in [5.41, 5.74) is 13.0. The van der Waals surface area contributed by atoms with Crippen molar-refractivity contribution in [1.82, 2.24) is 15.8 Å². The number of carbonyl (C=O) groups is 1. The van der Waals surface area contributed by atoms with Crippen LogP contribution in [0.15, 0.2) is 24.3 Å². The van der Waals surface area contributed by atoms with Crippen LogP contribution in [0.2, 0.25) is 0 Å².